The van der Waals surface area contributed by atoms with Crippen LogP contribution in [0.4, 0.5) is 0 Å². The number of hydrogen-bond acceptors (Lipinski definition) is 4. The second-order valence-corrected chi connectivity index (χ2v) is 7.50. The van der Waals surface area contributed by atoms with Gasteiger partial charge >= 0.3 is 0 Å². The molecule has 1 aliphatic carbocycles. The maximum Gasteiger partial charge on any atom is 0.239 e. The van der Waals surface area contributed by atoms with E-state index in [2.05, 4.69) is 16.3 Å². The second-order valence-electron chi connectivity index (χ2n) is 7.50. The molecular weight excluding hydrogens is 316 g/mol. The summed E-state index contributed by atoms with van der Waals surface area (Å²) in [5, 5.41) is 11.9. The first-order valence-corrected chi connectivity index (χ1v) is 9.69. The van der Waals surface area contributed by atoms with Crippen molar-refractivity contribution in [3.8, 4) is 6.07 Å². The molecule has 6 nitrogen and oxygen atoms in total. The quantitative estimate of drug-likeness (QED) is 0.795. The van der Waals surface area contributed by atoms with Gasteiger partial charge in [-0.1, -0.05) is 19.3 Å². The van der Waals surface area contributed by atoms with E-state index in [0.717, 1.165) is 38.8 Å². The van der Waals surface area contributed by atoms with E-state index in [4.69, 9.17) is 5.26 Å². The maximum atomic E-state index is 12.4. The van der Waals surface area contributed by atoms with E-state index < -0.39 is 0 Å². The van der Waals surface area contributed by atoms with Crippen LogP contribution in [0.3, 0.4) is 0 Å². The Morgan fingerprint density at radius 3 is 2.44 bits per heavy atom. The van der Waals surface area contributed by atoms with Crippen LogP contribution in [0.2, 0.25) is 0 Å². The Morgan fingerprint density at radius 2 is 1.84 bits per heavy atom. The fourth-order valence-corrected chi connectivity index (χ4v) is 3.92. The van der Waals surface area contributed by atoms with Crippen LogP contribution in [0.5, 0.6) is 0 Å². The predicted molar refractivity (Wildman–Crippen MR) is 96.6 cm³/mol. The number of carbonyl (C=O) groups excluding carboxylic acids is 2. The molecule has 0 spiro atoms. The Hall–Kier alpha value is -1.61. The Bertz CT molecular complexity index is 488. The minimum Gasteiger partial charge on any atom is -0.353 e. The van der Waals surface area contributed by atoms with Crippen LogP contribution in [0.1, 0.15) is 58.3 Å². The zero-order valence-corrected chi connectivity index (χ0v) is 15.7. The monoisotopic (exact) mass is 348 g/mol. The molecule has 2 aliphatic rings. The van der Waals surface area contributed by atoms with Crippen molar-refractivity contribution >= 4 is 11.8 Å². The van der Waals surface area contributed by atoms with Crippen LogP contribution < -0.4 is 5.32 Å². The predicted octanol–water partition coefficient (Wildman–Crippen LogP) is 1.91. The highest BCUT2D eigenvalue weighted by Crippen LogP contribution is 2.24. The van der Waals surface area contributed by atoms with Gasteiger partial charge in [-0.3, -0.25) is 14.5 Å². The van der Waals surface area contributed by atoms with Gasteiger partial charge < -0.3 is 10.2 Å². The van der Waals surface area contributed by atoms with E-state index in [1.54, 1.807) is 11.9 Å². The molecule has 2 rings (SSSR count). The van der Waals surface area contributed by atoms with Crippen molar-refractivity contribution in [2.45, 2.75) is 70.4 Å². The van der Waals surface area contributed by atoms with E-state index >= 15 is 0 Å². The van der Waals surface area contributed by atoms with Gasteiger partial charge in [-0.2, -0.15) is 5.26 Å². The van der Waals surface area contributed by atoms with E-state index in [9.17, 15) is 9.59 Å². The minimum atomic E-state index is -0.168. The average Bonchev–Trinajstić information content (AvgIpc) is 2.66. The van der Waals surface area contributed by atoms with Crippen LogP contribution in [-0.2, 0) is 9.59 Å². The molecule has 0 aromatic rings. The van der Waals surface area contributed by atoms with Crippen molar-refractivity contribution in [3.63, 3.8) is 0 Å². The number of piperidine rings is 1. The molecule has 0 aromatic carbocycles. The number of likely N-dealkylation sites (tertiary alicyclic amines) is 1. The van der Waals surface area contributed by atoms with Crippen molar-refractivity contribution in [1.29, 1.82) is 5.26 Å². The molecule has 140 valence electrons. The van der Waals surface area contributed by atoms with E-state index in [-0.39, 0.29) is 29.8 Å². The Labute approximate surface area is 151 Å². The number of hydrogen-bond donors (Lipinski definition) is 1. The zero-order valence-electron chi connectivity index (χ0n) is 15.7. The van der Waals surface area contributed by atoms with Gasteiger partial charge in [0.15, 0.2) is 0 Å². The number of nitriles is 1. The van der Waals surface area contributed by atoms with Gasteiger partial charge in [0.2, 0.25) is 11.8 Å². The van der Waals surface area contributed by atoms with Crippen molar-refractivity contribution in [3.05, 3.63) is 0 Å². The van der Waals surface area contributed by atoms with Gasteiger partial charge in [-0.15, -0.1) is 0 Å². The molecule has 0 aromatic heterocycles. The molecule has 1 aliphatic heterocycles. The molecule has 1 saturated carbocycles. The summed E-state index contributed by atoms with van der Waals surface area (Å²) in [6, 6.07) is 2.15. The molecule has 0 bridgehead atoms. The third-order valence-electron chi connectivity index (χ3n) is 5.69. The second kappa shape index (κ2) is 9.76. The first kappa shape index (κ1) is 19.7. The van der Waals surface area contributed by atoms with Crippen molar-refractivity contribution < 1.29 is 9.59 Å². The summed E-state index contributed by atoms with van der Waals surface area (Å²) >= 11 is 0. The lowest BCUT2D eigenvalue weighted by molar-refractivity contribution is -0.136. The van der Waals surface area contributed by atoms with Crippen LogP contribution in [0.15, 0.2) is 0 Å². The summed E-state index contributed by atoms with van der Waals surface area (Å²) in [4.78, 5) is 28.6. The first-order valence-electron chi connectivity index (χ1n) is 9.69. The van der Waals surface area contributed by atoms with Crippen molar-refractivity contribution in [1.82, 2.24) is 15.1 Å². The minimum absolute atomic E-state index is 0.0694. The highest BCUT2D eigenvalue weighted by atomic mass is 16.2. The first-order chi connectivity index (χ1) is 12.0. The molecule has 0 radical (unpaired) electrons. The third-order valence-corrected chi connectivity index (χ3v) is 5.69. The Kier molecular flexibility index (Phi) is 7.70. The number of rotatable bonds is 6. The van der Waals surface area contributed by atoms with Crippen LogP contribution in [-0.4, -0.2) is 60.4 Å². The largest absolute Gasteiger partial charge is 0.353 e. The molecule has 1 unspecified atom stereocenters. The number of likely N-dealkylation sites (N-methyl/N-ethyl adjacent to an activating group) is 1. The molecular formula is C19H32N4O2. The molecule has 2 fully saturated rings. The molecule has 1 N–H and O–H groups in total. The highest BCUT2D eigenvalue weighted by molar-refractivity contribution is 5.81. The standard InChI is InChI=1S/C19H32N4O2/c1-15(19(25)22(2)12-6-11-20)23-13-9-17(10-14-23)21-18(24)16-7-4-3-5-8-16/h15-17H,3-10,12-14H2,1-2H3,(H,21,24). The smallest absolute Gasteiger partial charge is 0.239 e. The lowest BCUT2D eigenvalue weighted by Gasteiger charge is -2.37. The fraction of sp³-hybridized carbons (Fsp3) is 0.842. The summed E-state index contributed by atoms with van der Waals surface area (Å²) in [7, 11) is 1.76. The molecule has 1 heterocycles. The van der Waals surface area contributed by atoms with Gasteiger partial charge in [0, 0.05) is 38.6 Å². The lowest BCUT2D eigenvalue weighted by Crippen LogP contribution is -2.52. The number of amides is 2. The van der Waals surface area contributed by atoms with Gasteiger partial charge in [-0.25, -0.2) is 0 Å². The average molecular weight is 348 g/mol. The van der Waals surface area contributed by atoms with Crippen molar-refractivity contribution in [2.75, 3.05) is 26.7 Å². The van der Waals surface area contributed by atoms with Gasteiger partial charge in [0.1, 0.15) is 0 Å². The Balaban J connectivity index is 1.74. The van der Waals surface area contributed by atoms with Gasteiger partial charge in [0.05, 0.1) is 18.5 Å². The molecule has 1 saturated heterocycles. The van der Waals surface area contributed by atoms with Gasteiger partial charge in [-0.05, 0) is 32.6 Å². The summed E-state index contributed by atoms with van der Waals surface area (Å²) in [5.41, 5.74) is 0. The summed E-state index contributed by atoms with van der Waals surface area (Å²) in [6.45, 7) is 4.07. The molecule has 1 atom stereocenters. The zero-order chi connectivity index (χ0) is 18.2. The number of nitrogens with zero attached hydrogens (tertiary/aromatic N) is 3. The van der Waals surface area contributed by atoms with E-state index in [1.807, 2.05) is 6.92 Å². The normalized spacial score (nSPS) is 21.3. The number of nitrogens with one attached hydrogen (secondary N) is 1. The SMILES string of the molecule is CC(C(=O)N(C)CCC#N)N1CCC(NC(=O)C2CCCCC2)CC1. The van der Waals surface area contributed by atoms with Crippen LogP contribution in [0.25, 0.3) is 0 Å². The van der Waals surface area contributed by atoms with Gasteiger partial charge in [0.25, 0.3) is 0 Å². The Morgan fingerprint density at radius 1 is 1.20 bits per heavy atom. The lowest BCUT2D eigenvalue weighted by atomic mass is 9.88. The van der Waals surface area contributed by atoms with Crippen LogP contribution in [0, 0.1) is 17.2 Å². The summed E-state index contributed by atoms with van der Waals surface area (Å²) in [5.74, 6) is 0.513. The highest BCUT2D eigenvalue weighted by Gasteiger charge is 2.30. The van der Waals surface area contributed by atoms with Crippen LogP contribution >= 0.6 is 0 Å². The molecule has 6 heteroatoms. The fourth-order valence-electron chi connectivity index (χ4n) is 3.92. The van der Waals surface area contributed by atoms with E-state index in [0.29, 0.717) is 13.0 Å². The third kappa shape index (κ3) is 5.71. The maximum absolute atomic E-state index is 12.4. The summed E-state index contributed by atoms with van der Waals surface area (Å²) in [6.07, 6.45) is 7.85. The summed E-state index contributed by atoms with van der Waals surface area (Å²) < 4.78 is 0. The topological polar surface area (TPSA) is 76.4 Å². The van der Waals surface area contributed by atoms with E-state index in [1.165, 1.54) is 19.3 Å². The number of carbonyl (C=O) groups is 2. The van der Waals surface area contributed by atoms with Crippen molar-refractivity contribution in [2.24, 2.45) is 5.92 Å². The molecule has 25 heavy (non-hydrogen) atoms. The molecule has 2 amide bonds.